The molecule has 0 aromatic heterocycles. The van der Waals surface area contributed by atoms with Crippen molar-refractivity contribution in [3.63, 3.8) is 0 Å². The molecule has 0 atom stereocenters. The van der Waals surface area contributed by atoms with Crippen LogP contribution in [-0.2, 0) is 26.0 Å². The van der Waals surface area contributed by atoms with Gasteiger partial charge in [0.15, 0.2) is 0 Å². The first-order valence-electron chi connectivity index (χ1n) is 10.7. The summed E-state index contributed by atoms with van der Waals surface area (Å²) < 4.78 is 3.95. The van der Waals surface area contributed by atoms with Crippen LogP contribution >= 0.6 is 0 Å². The number of rotatable bonds is 5. The monoisotopic (exact) mass is 566 g/mol. The maximum absolute atomic E-state index is 12.6. The van der Waals surface area contributed by atoms with Gasteiger partial charge in [-0.05, 0) is 0 Å². The summed E-state index contributed by atoms with van der Waals surface area (Å²) in [6, 6.07) is 39.4. The number of carbonyl (C=O) groups excluding carboxylic acids is 1. The Morgan fingerprint density at radius 3 is 1.48 bits per heavy atom. The van der Waals surface area contributed by atoms with Crippen molar-refractivity contribution in [3.05, 3.63) is 120 Å². The summed E-state index contributed by atoms with van der Waals surface area (Å²) in [6.45, 7) is 1.69. The van der Waals surface area contributed by atoms with Crippen LogP contribution in [0.2, 0.25) is 0 Å². The molecule has 1 amide bonds. The number of hydrogen-bond acceptors (Lipinski definition) is 1. The van der Waals surface area contributed by atoms with Crippen LogP contribution in [-0.4, -0.2) is 11.8 Å². The minimum Gasteiger partial charge on any atom is -1.00 e. The Hall–Kier alpha value is -1.97. The SMILES string of the molecule is CC(=O)[NH][Zr+2]([CH]1c2ccccc2-c2ccccc21)[SiH](c1ccccc1)c1ccccc1.[Cl-].[Cl-]. The van der Waals surface area contributed by atoms with Gasteiger partial charge in [0, 0.05) is 0 Å². The fraction of sp³-hybridized carbons (Fsp3) is 0.0741. The van der Waals surface area contributed by atoms with Gasteiger partial charge in [-0.15, -0.1) is 0 Å². The zero-order valence-corrected chi connectivity index (χ0v) is 23.3. The second kappa shape index (κ2) is 11.4. The first kappa shape index (κ1) is 25.6. The van der Waals surface area contributed by atoms with E-state index in [0.717, 1.165) is 0 Å². The number of carbonyl (C=O) groups is 1. The van der Waals surface area contributed by atoms with E-state index < -0.39 is 27.1 Å². The summed E-state index contributed by atoms with van der Waals surface area (Å²) in [5.41, 5.74) is 5.47. The Labute approximate surface area is 216 Å². The molecule has 2 nitrogen and oxygen atoms in total. The van der Waals surface area contributed by atoms with Crippen molar-refractivity contribution >= 4 is 22.2 Å². The number of hydrogen-bond donors (Lipinski definition) is 1. The fourth-order valence-electron chi connectivity index (χ4n) is 4.85. The molecule has 6 heteroatoms. The molecular formula is C27H24Cl2NOSiZr. The molecule has 1 aliphatic carbocycles. The van der Waals surface area contributed by atoms with Crippen LogP contribution in [0, 0.1) is 0 Å². The Balaban J connectivity index is 0.00000153. The quantitative estimate of drug-likeness (QED) is 0.277. The molecule has 0 fully saturated rings. The maximum atomic E-state index is 12.6. The average Bonchev–Trinajstić information content (AvgIpc) is 3.14. The van der Waals surface area contributed by atoms with Crippen LogP contribution < -0.4 is 38.4 Å². The van der Waals surface area contributed by atoms with Crippen molar-refractivity contribution in [2.45, 2.75) is 10.5 Å². The van der Waals surface area contributed by atoms with Crippen LogP contribution in [0.4, 0.5) is 0 Å². The molecule has 0 saturated carbocycles. The Kier molecular flexibility index (Phi) is 8.89. The van der Waals surface area contributed by atoms with Crippen molar-refractivity contribution < 1.29 is 50.8 Å². The van der Waals surface area contributed by atoms with E-state index in [0.29, 0.717) is 3.63 Å². The molecule has 5 rings (SSSR count). The van der Waals surface area contributed by atoms with Gasteiger partial charge in [0.1, 0.15) is 0 Å². The van der Waals surface area contributed by atoms with Gasteiger partial charge in [0.05, 0.1) is 0 Å². The van der Waals surface area contributed by atoms with E-state index in [2.05, 4.69) is 112 Å². The molecule has 0 saturated heterocycles. The van der Waals surface area contributed by atoms with Crippen LogP contribution in [0.5, 0.6) is 0 Å². The number of benzene rings is 4. The van der Waals surface area contributed by atoms with Crippen molar-refractivity contribution in [1.29, 1.82) is 0 Å². The van der Waals surface area contributed by atoms with E-state index in [1.807, 2.05) is 0 Å². The van der Waals surface area contributed by atoms with Gasteiger partial charge in [-0.3, -0.25) is 0 Å². The van der Waals surface area contributed by atoms with Gasteiger partial charge < -0.3 is 24.8 Å². The third-order valence-corrected chi connectivity index (χ3v) is 25.7. The molecule has 1 aliphatic rings. The molecule has 33 heavy (non-hydrogen) atoms. The van der Waals surface area contributed by atoms with Crippen LogP contribution in [0.15, 0.2) is 109 Å². The first-order chi connectivity index (χ1) is 15.2. The van der Waals surface area contributed by atoms with Crippen LogP contribution in [0.3, 0.4) is 0 Å². The van der Waals surface area contributed by atoms with E-state index in [1.54, 1.807) is 6.92 Å². The molecule has 165 valence electrons. The van der Waals surface area contributed by atoms with Crippen LogP contribution in [0.25, 0.3) is 11.1 Å². The second-order valence-electron chi connectivity index (χ2n) is 8.00. The number of nitrogens with one attached hydrogen (secondary N) is 1. The molecule has 0 bridgehead atoms. The maximum Gasteiger partial charge on any atom is -1.00 e. The van der Waals surface area contributed by atoms with Crippen LogP contribution in [0.1, 0.15) is 21.7 Å². The van der Waals surface area contributed by atoms with E-state index in [9.17, 15) is 4.79 Å². The summed E-state index contributed by atoms with van der Waals surface area (Å²) in [5.74, 6) is -1.52. The van der Waals surface area contributed by atoms with Gasteiger partial charge in [-0.2, -0.15) is 0 Å². The predicted molar refractivity (Wildman–Crippen MR) is 127 cm³/mol. The minimum atomic E-state index is -2.62. The van der Waals surface area contributed by atoms with Gasteiger partial charge in [-0.25, -0.2) is 0 Å². The zero-order chi connectivity index (χ0) is 21.2. The average molecular weight is 569 g/mol. The summed E-state index contributed by atoms with van der Waals surface area (Å²) in [6.07, 6.45) is 0. The van der Waals surface area contributed by atoms with Gasteiger partial charge in [0.25, 0.3) is 0 Å². The minimum absolute atomic E-state index is 0. The third-order valence-electron chi connectivity index (χ3n) is 6.04. The Morgan fingerprint density at radius 2 is 1.06 bits per heavy atom. The standard InChI is InChI=1S/C13H9.C12H11Si.C2H5NO.2ClH.Zr/c1-3-7-12-10(5-1)9-11-6-2-4-8-13(11)12;1-3-7-11(8-4-1)13-12-9-5-2-6-10-12;1-2(3)4;;;/h1-9H;1-10,13H;1H3,(H2,3,4);2*1H;/q;;;;;+3/p-3. The molecule has 0 spiro atoms. The Morgan fingerprint density at radius 1 is 0.667 bits per heavy atom. The third kappa shape index (κ3) is 5.10. The first-order valence-corrected chi connectivity index (χ1v) is 19.3. The van der Waals surface area contributed by atoms with Crippen molar-refractivity contribution in [1.82, 2.24) is 3.26 Å². The smallest absolute Gasteiger partial charge is 1.00 e. The molecule has 4 aromatic rings. The molecule has 0 heterocycles. The molecule has 0 radical (unpaired) electrons. The number of amides is 1. The summed E-state index contributed by atoms with van der Waals surface area (Å²) in [7, 11) is 0. The number of fused-ring (bicyclic) bond motifs is 3. The Bertz CT molecular complexity index is 1140. The number of halogens is 2. The predicted octanol–water partition coefficient (Wildman–Crippen LogP) is -2.03. The van der Waals surface area contributed by atoms with Gasteiger partial charge >= 0.3 is 193 Å². The van der Waals surface area contributed by atoms with E-state index in [-0.39, 0.29) is 30.7 Å². The fourth-order valence-corrected chi connectivity index (χ4v) is 26.9. The normalized spacial score (nSPS) is 11.6. The van der Waals surface area contributed by atoms with E-state index in [4.69, 9.17) is 0 Å². The van der Waals surface area contributed by atoms with Crippen molar-refractivity contribution in [2.24, 2.45) is 0 Å². The van der Waals surface area contributed by atoms with Gasteiger partial charge in [0.2, 0.25) is 0 Å². The zero-order valence-electron chi connectivity index (χ0n) is 18.2. The van der Waals surface area contributed by atoms with Crippen molar-refractivity contribution in [2.75, 3.05) is 0 Å². The largest absolute Gasteiger partial charge is 1.00 e. The van der Waals surface area contributed by atoms with Crippen molar-refractivity contribution in [3.8, 4) is 11.1 Å². The van der Waals surface area contributed by atoms with E-state index in [1.165, 1.54) is 32.6 Å². The summed E-state index contributed by atoms with van der Waals surface area (Å²) >= 11 is -2.62. The molecular weight excluding hydrogens is 545 g/mol. The van der Waals surface area contributed by atoms with Gasteiger partial charge in [-0.1, -0.05) is 0 Å². The summed E-state index contributed by atoms with van der Waals surface area (Å²) in [5, 5.41) is 2.86. The molecule has 4 aromatic carbocycles. The van der Waals surface area contributed by atoms with E-state index >= 15 is 0 Å². The topological polar surface area (TPSA) is 29.1 Å². The second-order valence-corrected chi connectivity index (χ2v) is 22.4. The molecule has 1 N–H and O–H groups in total. The molecule has 0 aliphatic heterocycles. The molecule has 0 unspecified atom stereocenters. The summed E-state index contributed by atoms with van der Waals surface area (Å²) in [4.78, 5) is 12.6.